The smallest absolute Gasteiger partial charge is 0.116 e. The number of hydrogen-bond donors (Lipinski definition) is 1. The van der Waals surface area contributed by atoms with Gasteiger partial charge in [-0.25, -0.2) is 0 Å². The van der Waals surface area contributed by atoms with Crippen molar-refractivity contribution in [3.63, 3.8) is 0 Å². The molecule has 0 saturated heterocycles. The van der Waals surface area contributed by atoms with E-state index in [1.54, 1.807) is 19.3 Å². The second kappa shape index (κ2) is 4.68. The minimum Gasteiger partial charge on any atom is -0.497 e. The van der Waals surface area contributed by atoms with Crippen LogP contribution in [0.5, 0.6) is 0 Å². The van der Waals surface area contributed by atoms with Crippen molar-refractivity contribution in [2.45, 2.75) is 6.92 Å². The normalized spacial score (nSPS) is 13.0. The maximum absolute atomic E-state index is 5.45. The van der Waals surface area contributed by atoms with Gasteiger partial charge in [-0.1, -0.05) is 6.58 Å². The van der Waals surface area contributed by atoms with E-state index in [1.165, 1.54) is 0 Å². The van der Waals surface area contributed by atoms with E-state index in [1.807, 2.05) is 13.0 Å². The second-order valence-electron chi connectivity index (χ2n) is 1.74. The van der Waals surface area contributed by atoms with Gasteiger partial charge in [0.25, 0.3) is 0 Å². The third-order valence-corrected chi connectivity index (χ3v) is 1.06. The lowest BCUT2D eigenvalue weighted by atomic mass is 10.3. The summed E-state index contributed by atoms with van der Waals surface area (Å²) < 4.78 is 4.93. The third kappa shape index (κ3) is 2.97. The molecular weight excluding hydrogens is 126 g/mol. The molecule has 0 atom stereocenters. The lowest BCUT2D eigenvalue weighted by molar-refractivity contribution is 0.306. The Morgan fingerprint density at radius 2 is 2.20 bits per heavy atom. The molecule has 0 aliphatic heterocycles. The van der Waals surface area contributed by atoms with Crippen LogP contribution in [0.25, 0.3) is 0 Å². The van der Waals surface area contributed by atoms with Crippen molar-refractivity contribution in [3.05, 3.63) is 36.3 Å². The molecule has 0 amide bonds. The van der Waals surface area contributed by atoms with Crippen LogP contribution in [0, 0.1) is 0 Å². The molecule has 0 heterocycles. The zero-order chi connectivity index (χ0) is 7.98. The third-order valence-electron chi connectivity index (χ3n) is 1.06. The molecule has 0 aromatic rings. The fourth-order valence-electron chi connectivity index (χ4n) is 0.483. The highest BCUT2D eigenvalue weighted by Crippen LogP contribution is 1.99. The van der Waals surface area contributed by atoms with Crippen molar-refractivity contribution in [2.75, 3.05) is 7.11 Å². The molecule has 0 bridgehead atoms. The number of nitrogens with two attached hydrogens (primary N) is 1. The average molecular weight is 139 g/mol. The van der Waals surface area contributed by atoms with Crippen LogP contribution in [0.15, 0.2) is 36.3 Å². The number of ether oxygens (including phenoxy) is 1. The molecule has 0 radical (unpaired) electrons. The van der Waals surface area contributed by atoms with Gasteiger partial charge in [0.05, 0.1) is 7.11 Å². The van der Waals surface area contributed by atoms with Crippen LogP contribution in [0.4, 0.5) is 0 Å². The topological polar surface area (TPSA) is 35.2 Å². The summed E-state index contributed by atoms with van der Waals surface area (Å²) in [6, 6.07) is 0. The Labute approximate surface area is 61.7 Å². The van der Waals surface area contributed by atoms with Gasteiger partial charge in [0.2, 0.25) is 0 Å². The fraction of sp³-hybridized carbons (Fsp3) is 0.250. The van der Waals surface area contributed by atoms with Crippen LogP contribution in [-0.2, 0) is 4.74 Å². The van der Waals surface area contributed by atoms with E-state index in [0.717, 1.165) is 5.76 Å². The van der Waals surface area contributed by atoms with Gasteiger partial charge in [-0.05, 0) is 19.1 Å². The van der Waals surface area contributed by atoms with E-state index < -0.39 is 0 Å². The Morgan fingerprint density at radius 3 is 2.50 bits per heavy atom. The molecule has 0 unspecified atom stereocenters. The summed E-state index contributed by atoms with van der Waals surface area (Å²) in [6.07, 6.45) is 5.12. The number of methoxy groups -OCH3 is 1. The molecule has 0 spiro atoms. The maximum Gasteiger partial charge on any atom is 0.116 e. The lowest BCUT2D eigenvalue weighted by Gasteiger charge is -1.98. The Kier molecular flexibility index (Phi) is 4.12. The number of allylic oxidation sites excluding steroid dienone is 3. The van der Waals surface area contributed by atoms with E-state index in [9.17, 15) is 0 Å². The highest BCUT2D eigenvalue weighted by molar-refractivity contribution is 5.22. The van der Waals surface area contributed by atoms with E-state index >= 15 is 0 Å². The molecule has 2 nitrogen and oxygen atoms in total. The van der Waals surface area contributed by atoms with Crippen molar-refractivity contribution >= 4 is 0 Å². The zero-order valence-electron chi connectivity index (χ0n) is 6.42. The van der Waals surface area contributed by atoms with Gasteiger partial charge in [0, 0.05) is 11.8 Å². The summed E-state index contributed by atoms with van der Waals surface area (Å²) in [4.78, 5) is 0. The van der Waals surface area contributed by atoms with Crippen molar-refractivity contribution in [1.29, 1.82) is 0 Å². The molecular formula is C8H13NO. The molecule has 0 aliphatic carbocycles. The van der Waals surface area contributed by atoms with Crippen LogP contribution in [0.2, 0.25) is 0 Å². The SMILES string of the molecule is C=C/C(N)=C\C(=C/C)OC. The maximum atomic E-state index is 5.45. The van der Waals surface area contributed by atoms with Crippen LogP contribution >= 0.6 is 0 Å². The van der Waals surface area contributed by atoms with Crippen molar-refractivity contribution in [1.82, 2.24) is 0 Å². The largest absolute Gasteiger partial charge is 0.497 e. The van der Waals surface area contributed by atoms with E-state index in [2.05, 4.69) is 6.58 Å². The van der Waals surface area contributed by atoms with Gasteiger partial charge in [-0.15, -0.1) is 0 Å². The van der Waals surface area contributed by atoms with Crippen molar-refractivity contribution < 1.29 is 4.74 Å². The molecule has 0 aromatic heterocycles. The molecule has 56 valence electrons. The first kappa shape index (κ1) is 8.82. The van der Waals surface area contributed by atoms with Gasteiger partial charge in [-0.3, -0.25) is 0 Å². The minimum atomic E-state index is 0.606. The molecule has 2 heteroatoms. The molecule has 0 rings (SSSR count). The second-order valence-corrected chi connectivity index (χ2v) is 1.74. The molecule has 10 heavy (non-hydrogen) atoms. The van der Waals surface area contributed by atoms with Crippen LogP contribution in [-0.4, -0.2) is 7.11 Å². The van der Waals surface area contributed by atoms with Gasteiger partial charge in [-0.2, -0.15) is 0 Å². The van der Waals surface area contributed by atoms with Gasteiger partial charge < -0.3 is 10.5 Å². The van der Waals surface area contributed by atoms with E-state index in [4.69, 9.17) is 10.5 Å². The summed E-state index contributed by atoms with van der Waals surface area (Å²) >= 11 is 0. The van der Waals surface area contributed by atoms with Gasteiger partial charge in [0.15, 0.2) is 0 Å². The molecule has 2 N–H and O–H groups in total. The Morgan fingerprint density at radius 1 is 1.60 bits per heavy atom. The molecule has 0 aliphatic rings. The zero-order valence-corrected chi connectivity index (χ0v) is 6.42. The van der Waals surface area contributed by atoms with Crippen LogP contribution in [0.3, 0.4) is 0 Å². The predicted molar refractivity (Wildman–Crippen MR) is 43.2 cm³/mol. The minimum absolute atomic E-state index is 0.606. The summed E-state index contributed by atoms with van der Waals surface area (Å²) in [6.45, 7) is 5.39. The first-order valence-electron chi connectivity index (χ1n) is 3.04. The van der Waals surface area contributed by atoms with E-state index in [-0.39, 0.29) is 0 Å². The highest BCUT2D eigenvalue weighted by Gasteiger charge is 1.86. The summed E-state index contributed by atoms with van der Waals surface area (Å²) in [5.41, 5.74) is 6.05. The number of hydrogen-bond acceptors (Lipinski definition) is 2. The van der Waals surface area contributed by atoms with Crippen molar-refractivity contribution in [2.24, 2.45) is 5.73 Å². The molecule has 0 fully saturated rings. The first-order valence-corrected chi connectivity index (χ1v) is 3.04. The predicted octanol–water partition coefficient (Wildman–Crippen LogP) is 1.57. The first-order chi connectivity index (χ1) is 4.74. The van der Waals surface area contributed by atoms with Gasteiger partial charge >= 0.3 is 0 Å². The monoisotopic (exact) mass is 139 g/mol. The summed E-state index contributed by atoms with van der Waals surface area (Å²) in [7, 11) is 1.60. The summed E-state index contributed by atoms with van der Waals surface area (Å²) in [5, 5.41) is 0. The fourth-order valence-corrected chi connectivity index (χ4v) is 0.483. The Hall–Kier alpha value is -1.18. The van der Waals surface area contributed by atoms with Gasteiger partial charge in [0.1, 0.15) is 5.76 Å². The van der Waals surface area contributed by atoms with E-state index in [0.29, 0.717) is 5.70 Å². The quantitative estimate of drug-likeness (QED) is 0.475. The molecule has 0 saturated carbocycles. The highest BCUT2D eigenvalue weighted by atomic mass is 16.5. The number of rotatable bonds is 3. The van der Waals surface area contributed by atoms with Crippen LogP contribution < -0.4 is 5.73 Å². The standard InChI is InChI=1S/C8H13NO/c1-4-7(9)6-8(5-2)10-3/h4-6H,1,9H2,2-3H3/b7-6+,8-5+. The average Bonchev–Trinajstić information content (AvgIpc) is 1.99. The lowest BCUT2D eigenvalue weighted by Crippen LogP contribution is -1.93. The summed E-state index contributed by atoms with van der Waals surface area (Å²) in [5.74, 6) is 0.748. The van der Waals surface area contributed by atoms with Crippen molar-refractivity contribution in [3.8, 4) is 0 Å². The Bertz CT molecular complexity index is 168. The Balaban J connectivity index is 4.22. The van der Waals surface area contributed by atoms with Crippen LogP contribution in [0.1, 0.15) is 6.92 Å². The molecule has 0 aromatic carbocycles.